The van der Waals surface area contributed by atoms with Crippen LogP contribution in [0, 0.1) is 0 Å². The van der Waals surface area contributed by atoms with E-state index in [1.165, 1.54) is 11.3 Å². The number of halogens is 2. The van der Waals surface area contributed by atoms with Crippen LogP contribution in [-0.2, 0) is 13.2 Å². The number of nitrogens with one attached hydrogen (secondary N) is 1. The third-order valence-electron chi connectivity index (χ3n) is 3.36. The number of amides is 1. The Hall–Kier alpha value is -1.70. The summed E-state index contributed by atoms with van der Waals surface area (Å²) in [6.45, 7) is 0.894. The summed E-state index contributed by atoms with van der Waals surface area (Å²) >= 11 is 8.17. The van der Waals surface area contributed by atoms with Gasteiger partial charge >= 0.3 is 0 Å². The van der Waals surface area contributed by atoms with Gasteiger partial charge < -0.3 is 10.1 Å². The molecule has 7 heteroatoms. The van der Waals surface area contributed by atoms with Crippen molar-refractivity contribution >= 4 is 49.1 Å². The van der Waals surface area contributed by atoms with Crippen molar-refractivity contribution in [3.63, 3.8) is 0 Å². The average Bonchev–Trinajstić information content (AvgIpc) is 2.98. The molecule has 0 radical (unpaired) electrons. The number of rotatable bonds is 6. The van der Waals surface area contributed by atoms with Crippen molar-refractivity contribution in [1.82, 2.24) is 10.3 Å². The van der Waals surface area contributed by atoms with Gasteiger partial charge in [-0.05, 0) is 67.8 Å². The molecule has 0 aliphatic rings. The van der Waals surface area contributed by atoms with Crippen LogP contribution in [0.4, 0.5) is 0 Å². The predicted octanol–water partition coefficient (Wildman–Crippen LogP) is 5.18. The van der Waals surface area contributed by atoms with Gasteiger partial charge in [0.15, 0.2) is 0 Å². The van der Waals surface area contributed by atoms with Crippen LogP contribution in [0.15, 0.2) is 63.0 Å². The highest BCUT2D eigenvalue weighted by Gasteiger charge is 2.11. The monoisotopic (exact) mass is 480 g/mol. The molecule has 0 aliphatic carbocycles. The summed E-state index contributed by atoms with van der Waals surface area (Å²) < 4.78 is 7.49. The lowest BCUT2D eigenvalue weighted by atomic mass is 10.2. The van der Waals surface area contributed by atoms with Gasteiger partial charge in [0.2, 0.25) is 0 Å². The molecule has 0 saturated heterocycles. The highest BCUT2D eigenvalue weighted by Crippen LogP contribution is 2.32. The standard InChI is InChI=1S/C18H14Br2N2O2S/c19-15-9-16(25-17(15)20)18(23)22-10-12-4-6-14(7-5-12)24-11-13-3-1-2-8-21-13/h1-9H,10-11H2,(H,22,23). The van der Waals surface area contributed by atoms with E-state index in [4.69, 9.17) is 4.74 Å². The number of benzene rings is 1. The minimum Gasteiger partial charge on any atom is -0.487 e. The molecule has 2 aromatic heterocycles. The molecule has 0 spiro atoms. The normalized spacial score (nSPS) is 10.5. The lowest BCUT2D eigenvalue weighted by Gasteiger charge is -2.07. The fourth-order valence-corrected chi connectivity index (χ4v) is 4.02. The molecule has 1 aromatic carbocycles. The van der Waals surface area contributed by atoms with Gasteiger partial charge in [0.25, 0.3) is 5.91 Å². The maximum Gasteiger partial charge on any atom is 0.261 e. The maximum absolute atomic E-state index is 12.1. The summed E-state index contributed by atoms with van der Waals surface area (Å²) in [5.41, 5.74) is 1.89. The second kappa shape index (κ2) is 8.60. The maximum atomic E-state index is 12.1. The topological polar surface area (TPSA) is 51.2 Å². The molecular weight excluding hydrogens is 468 g/mol. The van der Waals surface area contributed by atoms with Crippen molar-refractivity contribution in [2.75, 3.05) is 0 Å². The Morgan fingerprint density at radius 1 is 1.16 bits per heavy atom. The predicted molar refractivity (Wildman–Crippen MR) is 106 cm³/mol. The summed E-state index contributed by atoms with van der Waals surface area (Å²) in [4.78, 5) is 17.0. The third-order valence-corrected chi connectivity index (χ3v) is 6.61. The van der Waals surface area contributed by atoms with Crippen molar-refractivity contribution in [2.45, 2.75) is 13.2 Å². The Morgan fingerprint density at radius 2 is 1.96 bits per heavy atom. The lowest BCUT2D eigenvalue weighted by molar-refractivity contribution is 0.0955. The van der Waals surface area contributed by atoms with E-state index in [0.717, 1.165) is 25.3 Å². The fourth-order valence-electron chi connectivity index (χ4n) is 2.07. The van der Waals surface area contributed by atoms with Crippen LogP contribution < -0.4 is 10.1 Å². The Labute approximate surface area is 166 Å². The number of nitrogens with zero attached hydrogens (tertiary/aromatic N) is 1. The van der Waals surface area contributed by atoms with E-state index in [9.17, 15) is 4.79 Å². The number of pyridine rings is 1. The van der Waals surface area contributed by atoms with Gasteiger partial charge in [-0.3, -0.25) is 9.78 Å². The van der Waals surface area contributed by atoms with Gasteiger partial charge in [-0.1, -0.05) is 18.2 Å². The second-order valence-corrected chi connectivity index (χ2v) is 8.39. The SMILES string of the molecule is O=C(NCc1ccc(OCc2ccccn2)cc1)c1cc(Br)c(Br)s1. The Kier molecular flexibility index (Phi) is 6.23. The molecule has 1 N–H and O–H groups in total. The molecule has 128 valence electrons. The average molecular weight is 482 g/mol. The van der Waals surface area contributed by atoms with Gasteiger partial charge in [0, 0.05) is 17.2 Å². The summed E-state index contributed by atoms with van der Waals surface area (Å²) in [5, 5.41) is 2.91. The molecule has 3 aromatic rings. The largest absolute Gasteiger partial charge is 0.487 e. The fraction of sp³-hybridized carbons (Fsp3) is 0.111. The minimum atomic E-state index is -0.0909. The van der Waals surface area contributed by atoms with Crippen molar-refractivity contribution < 1.29 is 9.53 Å². The molecule has 2 heterocycles. The minimum absolute atomic E-state index is 0.0909. The van der Waals surface area contributed by atoms with Crippen LogP contribution in [0.2, 0.25) is 0 Å². The highest BCUT2D eigenvalue weighted by molar-refractivity contribution is 9.13. The number of hydrogen-bond donors (Lipinski definition) is 1. The van der Waals surface area contributed by atoms with Crippen LogP contribution in [0.1, 0.15) is 20.9 Å². The third kappa shape index (κ3) is 5.14. The van der Waals surface area contributed by atoms with Crippen LogP contribution >= 0.6 is 43.2 Å². The first kappa shape index (κ1) is 18.1. The molecule has 0 unspecified atom stereocenters. The van der Waals surface area contributed by atoms with Crippen LogP contribution in [0.3, 0.4) is 0 Å². The summed E-state index contributed by atoms with van der Waals surface area (Å²) in [7, 11) is 0. The van der Waals surface area contributed by atoms with Crippen molar-refractivity contribution in [1.29, 1.82) is 0 Å². The molecule has 0 saturated carbocycles. The van der Waals surface area contributed by atoms with Crippen molar-refractivity contribution in [3.8, 4) is 5.75 Å². The Balaban J connectivity index is 1.51. The summed E-state index contributed by atoms with van der Waals surface area (Å²) in [6, 6.07) is 15.2. The van der Waals surface area contributed by atoms with E-state index in [1.807, 2.05) is 42.5 Å². The van der Waals surface area contributed by atoms with E-state index < -0.39 is 0 Å². The van der Waals surface area contributed by atoms with Crippen molar-refractivity contribution in [2.24, 2.45) is 0 Å². The van der Waals surface area contributed by atoms with Gasteiger partial charge in [0.05, 0.1) is 14.4 Å². The van der Waals surface area contributed by atoms with Crippen LogP contribution in [0.25, 0.3) is 0 Å². The van der Waals surface area contributed by atoms with Crippen molar-refractivity contribution in [3.05, 3.63) is 79.1 Å². The first-order valence-electron chi connectivity index (χ1n) is 7.46. The number of carbonyl (C=O) groups excluding carboxylic acids is 1. The van der Waals surface area contributed by atoms with Gasteiger partial charge in [0.1, 0.15) is 12.4 Å². The molecular formula is C18H14Br2N2O2S. The number of aromatic nitrogens is 1. The zero-order valence-electron chi connectivity index (χ0n) is 13.0. The highest BCUT2D eigenvalue weighted by atomic mass is 79.9. The van der Waals surface area contributed by atoms with Gasteiger partial charge in [-0.25, -0.2) is 0 Å². The van der Waals surface area contributed by atoms with E-state index in [0.29, 0.717) is 18.0 Å². The number of ether oxygens (including phenoxy) is 1. The molecule has 25 heavy (non-hydrogen) atoms. The van der Waals surface area contributed by atoms with Gasteiger partial charge in [-0.2, -0.15) is 0 Å². The van der Waals surface area contributed by atoms with Crippen LogP contribution in [-0.4, -0.2) is 10.9 Å². The first-order chi connectivity index (χ1) is 12.1. The first-order valence-corrected chi connectivity index (χ1v) is 9.87. The smallest absolute Gasteiger partial charge is 0.261 e. The molecule has 0 aliphatic heterocycles. The van der Waals surface area contributed by atoms with E-state index in [-0.39, 0.29) is 5.91 Å². The molecule has 0 bridgehead atoms. The molecule has 4 nitrogen and oxygen atoms in total. The summed E-state index contributed by atoms with van der Waals surface area (Å²) in [5.74, 6) is 0.679. The van der Waals surface area contributed by atoms with Crippen LogP contribution in [0.5, 0.6) is 5.75 Å². The lowest BCUT2D eigenvalue weighted by Crippen LogP contribution is -2.21. The number of thiophene rings is 1. The summed E-state index contributed by atoms with van der Waals surface area (Å²) in [6.07, 6.45) is 1.75. The number of hydrogen-bond acceptors (Lipinski definition) is 4. The quantitative estimate of drug-likeness (QED) is 0.527. The molecule has 3 rings (SSSR count). The zero-order chi connectivity index (χ0) is 17.6. The molecule has 0 fully saturated rings. The molecule has 0 atom stereocenters. The second-order valence-electron chi connectivity index (χ2n) is 5.17. The van der Waals surface area contributed by atoms with E-state index in [1.54, 1.807) is 12.3 Å². The van der Waals surface area contributed by atoms with E-state index >= 15 is 0 Å². The zero-order valence-corrected chi connectivity index (χ0v) is 17.0. The Bertz CT molecular complexity index is 832. The molecule has 1 amide bonds. The number of carbonyl (C=O) groups is 1. The van der Waals surface area contributed by atoms with Gasteiger partial charge in [-0.15, -0.1) is 11.3 Å². The van der Waals surface area contributed by atoms with E-state index in [2.05, 4.69) is 42.2 Å². The Morgan fingerprint density at radius 3 is 2.60 bits per heavy atom.